The fourth-order valence-electron chi connectivity index (χ4n) is 4.26. The first kappa shape index (κ1) is 22.9. The second-order valence-corrected chi connectivity index (χ2v) is 8.56. The maximum atomic E-state index is 13.1. The van der Waals surface area contributed by atoms with Crippen molar-refractivity contribution in [3.05, 3.63) is 69.4 Å². The number of fused-ring (bicyclic) bond motifs is 3. The van der Waals surface area contributed by atoms with Crippen LogP contribution in [0.2, 0.25) is 0 Å². The van der Waals surface area contributed by atoms with Gasteiger partial charge in [0.15, 0.2) is 22.8 Å². The van der Waals surface area contributed by atoms with E-state index in [1.54, 1.807) is 6.07 Å². The third-order valence-corrected chi connectivity index (χ3v) is 6.21. The number of carbonyl (C=O) groups is 1. The van der Waals surface area contributed by atoms with Crippen LogP contribution in [0.1, 0.15) is 16.7 Å². The average molecular weight is 488 g/mol. The van der Waals surface area contributed by atoms with E-state index in [0.717, 1.165) is 23.3 Å². The molecule has 182 valence electrons. The second-order valence-electron chi connectivity index (χ2n) is 8.56. The van der Waals surface area contributed by atoms with Gasteiger partial charge >= 0.3 is 5.97 Å². The number of rotatable bonds is 4. The Kier molecular flexibility index (Phi) is 5.13. The molecule has 9 heteroatoms. The number of furan rings is 1. The molecule has 0 fully saturated rings. The summed E-state index contributed by atoms with van der Waals surface area (Å²) in [6, 6.07) is 10.2. The fourth-order valence-corrected chi connectivity index (χ4v) is 4.26. The molecule has 2 heterocycles. The molecule has 3 aromatic carbocycles. The number of aromatic hydroxyl groups is 4. The lowest BCUT2D eigenvalue weighted by atomic mass is 9.98. The van der Waals surface area contributed by atoms with Gasteiger partial charge in [-0.2, -0.15) is 0 Å². The summed E-state index contributed by atoms with van der Waals surface area (Å²) in [6.07, 6.45) is -0.477. The van der Waals surface area contributed by atoms with Gasteiger partial charge in [0.2, 0.25) is 11.2 Å². The highest BCUT2D eigenvalue weighted by Crippen LogP contribution is 2.44. The third kappa shape index (κ3) is 3.49. The van der Waals surface area contributed by atoms with Gasteiger partial charge in [-0.1, -0.05) is 12.1 Å². The number of hydrogen-bond acceptors (Lipinski definition) is 8. The van der Waals surface area contributed by atoms with E-state index in [1.807, 2.05) is 26.0 Å². The largest absolute Gasteiger partial charge is 0.507 e. The number of carboxylic acids is 1. The summed E-state index contributed by atoms with van der Waals surface area (Å²) in [4.78, 5) is 24.9. The van der Waals surface area contributed by atoms with E-state index in [4.69, 9.17) is 8.83 Å². The molecule has 0 unspecified atom stereocenters. The highest BCUT2D eigenvalue weighted by Gasteiger charge is 2.27. The molecule has 0 aliphatic carbocycles. The Labute approximate surface area is 202 Å². The number of hydrogen-bond donors (Lipinski definition) is 5. The molecule has 0 saturated carbocycles. The van der Waals surface area contributed by atoms with Crippen molar-refractivity contribution in [2.75, 3.05) is 0 Å². The van der Waals surface area contributed by atoms with Gasteiger partial charge in [0.05, 0.1) is 11.8 Å². The first-order chi connectivity index (χ1) is 17.1. The van der Waals surface area contributed by atoms with Crippen LogP contribution in [0.25, 0.3) is 44.6 Å². The van der Waals surface area contributed by atoms with Crippen molar-refractivity contribution in [3.8, 4) is 45.6 Å². The van der Waals surface area contributed by atoms with E-state index in [9.17, 15) is 35.1 Å². The maximum Gasteiger partial charge on any atom is 0.307 e. The predicted molar refractivity (Wildman–Crippen MR) is 131 cm³/mol. The SMILES string of the molecule is Cc1ccc(-c2oc3cc(O)c4c(=O)c(O)c(-c5ccc(O)c(O)c5)oc4c3c2CC(=O)O)cc1C. The Morgan fingerprint density at radius 1 is 0.778 bits per heavy atom. The van der Waals surface area contributed by atoms with E-state index < -0.39 is 40.8 Å². The molecule has 0 spiro atoms. The standard InChI is InChI=1S/C27H20O9/c1-11-3-4-13(7-12(11)2)25-15(9-20(31)32)21-19(35-25)10-18(30)22-23(33)24(34)26(36-27(21)22)14-5-6-16(28)17(29)8-14/h3-8,10,28-30,34H,9H2,1-2H3,(H,31,32). The minimum absolute atomic E-state index is 0.0657. The van der Waals surface area contributed by atoms with Crippen molar-refractivity contribution in [1.29, 1.82) is 0 Å². The van der Waals surface area contributed by atoms with Gasteiger partial charge in [0.25, 0.3) is 0 Å². The topological polar surface area (TPSA) is 162 Å². The number of phenols is 3. The van der Waals surface area contributed by atoms with E-state index >= 15 is 0 Å². The summed E-state index contributed by atoms with van der Waals surface area (Å²) in [5.74, 6) is -3.55. The van der Waals surface area contributed by atoms with Crippen molar-refractivity contribution in [1.82, 2.24) is 0 Å². The quantitative estimate of drug-likeness (QED) is 0.221. The smallest absolute Gasteiger partial charge is 0.307 e. The van der Waals surface area contributed by atoms with Crippen LogP contribution in [0, 0.1) is 13.8 Å². The number of aliphatic carboxylic acids is 1. The fraction of sp³-hybridized carbons (Fsp3) is 0.111. The minimum atomic E-state index is -1.16. The van der Waals surface area contributed by atoms with Crippen LogP contribution < -0.4 is 5.43 Å². The average Bonchev–Trinajstić information content (AvgIpc) is 3.16. The number of aryl methyl sites for hydroxylation is 2. The van der Waals surface area contributed by atoms with E-state index in [-0.39, 0.29) is 44.6 Å². The first-order valence-corrected chi connectivity index (χ1v) is 10.9. The molecule has 2 aromatic heterocycles. The number of carboxylic acid groups (broad SMARTS) is 1. The lowest BCUT2D eigenvalue weighted by molar-refractivity contribution is -0.136. The molecular formula is C27H20O9. The monoisotopic (exact) mass is 488 g/mol. The van der Waals surface area contributed by atoms with Crippen LogP contribution in [-0.4, -0.2) is 31.5 Å². The van der Waals surface area contributed by atoms with E-state index in [0.29, 0.717) is 5.56 Å². The Morgan fingerprint density at radius 3 is 2.14 bits per heavy atom. The van der Waals surface area contributed by atoms with Crippen LogP contribution in [-0.2, 0) is 11.2 Å². The molecular weight excluding hydrogens is 468 g/mol. The van der Waals surface area contributed by atoms with Crippen LogP contribution in [0.5, 0.6) is 23.0 Å². The molecule has 0 atom stereocenters. The molecule has 5 N–H and O–H groups in total. The van der Waals surface area contributed by atoms with Crippen LogP contribution in [0.3, 0.4) is 0 Å². The predicted octanol–water partition coefficient (Wildman–Crippen LogP) is 4.94. The lowest BCUT2D eigenvalue weighted by Crippen LogP contribution is -2.05. The minimum Gasteiger partial charge on any atom is -0.507 e. The normalized spacial score (nSPS) is 11.4. The summed E-state index contributed by atoms with van der Waals surface area (Å²) in [6.45, 7) is 3.84. The van der Waals surface area contributed by atoms with Crippen LogP contribution >= 0.6 is 0 Å². The maximum absolute atomic E-state index is 13.1. The molecule has 0 saturated heterocycles. The third-order valence-electron chi connectivity index (χ3n) is 6.21. The van der Waals surface area contributed by atoms with Crippen LogP contribution in [0.4, 0.5) is 0 Å². The molecule has 0 radical (unpaired) electrons. The van der Waals surface area contributed by atoms with Gasteiger partial charge in [-0.15, -0.1) is 0 Å². The molecule has 36 heavy (non-hydrogen) atoms. The number of phenolic OH excluding ortho intramolecular Hbond substituents is 3. The second kappa shape index (κ2) is 8.09. The van der Waals surface area contributed by atoms with Gasteiger partial charge in [-0.3, -0.25) is 9.59 Å². The zero-order valence-corrected chi connectivity index (χ0v) is 19.1. The van der Waals surface area contributed by atoms with E-state index in [2.05, 4.69) is 0 Å². The molecule has 5 rings (SSSR count). The van der Waals surface area contributed by atoms with Crippen molar-refractivity contribution in [3.63, 3.8) is 0 Å². The highest BCUT2D eigenvalue weighted by molar-refractivity contribution is 6.10. The van der Waals surface area contributed by atoms with Gasteiger partial charge < -0.3 is 34.4 Å². The van der Waals surface area contributed by atoms with Gasteiger partial charge in [0.1, 0.15) is 22.5 Å². The van der Waals surface area contributed by atoms with Crippen LogP contribution in [0.15, 0.2) is 56.1 Å². The Morgan fingerprint density at radius 2 is 1.47 bits per heavy atom. The Hall–Kier alpha value is -4.92. The summed E-state index contributed by atoms with van der Waals surface area (Å²) < 4.78 is 11.9. The Bertz CT molecular complexity index is 1770. The molecule has 5 aromatic rings. The van der Waals surface area contributed by atoms with E-state index in [1.165, 1.54) is 12.1 Å². The molecule has 0 aliphatic heterocycles. The first-order valence-electron chi connectivity index (χ1n) is 10.9. The van der Waals surface area contributed by atoms with Gasteiger partial charge in [0, 0.05) is 22.8 Å². The van der Waals surface area contributed by atoms with Gasteiger partial charge in [-0.25, -0.2) is 0 Å². The molecule has 0 amide bonds. The van der Waals surface area contributed by atoms with Crippen molar-refractivity contribution in [2.45, 2.75) is 20.3 Å². The Balaban J connectivity index is 1.92. The number of benzene rings is 3. The summed E-state index contributed by atoms with van der Waals surface area (Å²) >= 11 is 0. The van der Waals surface area contributed by atoms with Crippen molar-refractivity contribution in [2.24, 2.45) is 0 Å². The lowest BCUT2D eigenvalue weighted by Gasteiger charge is -2.09. The summed E-state index contributed by atoms with van der Waals surface area (Å²) in [7, 11) is 0. The molecule has 0 aliphatic rings. The zero-order valence-electron chi connectivity index (χ0n) is 19.1. The highest BCUT2D eigenvalue weighted by atomic mass is 16.4. The van der Waals surface area contributed by atoms with Crippen molar-refractivity contribution < 1.29 is 39.2 Å². The van der Waals surface area contributed by atoms with Gasteiger partial charge in [-0.05, 0) is 49.2 Å². The summed E-state index contributed by atoms with van der Waals surface area (Å²) in [5, 5.41) is 50.2. The zero-order chi connectivity index (χ0) is 25.9. The molecule has 9 nitrogen and oxygen atoms in total. The van der Waals surface area contributed by atoms with Crippen molar-refractivity contribution >= 4 is 27.9 Å². The summed E-state index contributed by atoms with van der Waals surface area (Å²) in [5.41, 5.74) is 1.79. The molecule has 0 bridgehead atoms.